The van der Waals surface area contributed by atoms with E-state index in [1.54, 1.807) is 0 Å². The van der Waals surface area contributed by atoms with Crippen molar-refractivity contribution in [3.05, 3.63) is 29.0 Å². The molecule has 1 heterocycles. The van der Waals surface area contributed by atoms with Crippen molar-refractivity contribution in [3.63, 3.8) is 0 Å². The number of nitrogens with one attached hydrogen (secondary N) is 2. The Balaban J connectivity index is 0.00000220. The highest BCUT2D eigenvalue weighted by molar-refractivity contribution is 6.33. The van der Waals surface area contributed by atoms with E-state index in [-0.39, 0.29) is 23.3 Å². The summed E-state index contributed by atoms with van der Waals surface area (Å²) in [5.74, 6) is -0.556. The number of likely N-dealkylation sites (N-methyl/N-ethyl adjacent to an activating group) is 1. The normalized spacial score (nSPS) is 15.6. The molecule has 0 saturated carbocycles. The average molecular weight is 336 g/mol. The Morgan fingerprint density at radius 2 is 2.14 bits per heavy atom. The largest absolute Gasteiger partial charge is 0.324 e. The maximum absolute atomic E-state index is 12.9. The predicted molar refractivity (Wildman–Crippen MR) is 85.8 cm³/mol. The van der Waals surface area contributed by atoms with Gasteiger partial charge in [-0.1, -0.05) is 11.6 Å². The van der Waals surface area contributed by atoms with Gasteiger partial charge in [-0.3, -0.25) is 9.69 Å². The molecular formula is C14H20Cl2FN3O. The molecular weight excluding hydrogens is 316 g/mol. The van der Waals surface area contributed by atoms with Crippen molar-refractivity contribution in [2.24, 2.45) is 0 Å². The summed E-state index contributed by atoms with van der Waals surface area (Å²) in [7, 11) is 1.95. The van der Waals surface area contributed by atoms with Crippen LogP contribution in [0.25, 0.3) is 0 Å². The third kappa shape index (κ3) is 5.43. The van der Waals surface area contributed by atoms with Gasteiger partial charge in [0.2, 0.25) is 5.91 Å². The summed E-state index contributed by atoms with van der Waals surface area (Å²) in [4.78, 5) is 14.0. The second-order valence-corrected chi connectivity index (χ2v) is 5.48. The quantitative estimate of drug-likeness (QED) is 0.888. The van der Waals surface area contributed by atoms with Gasteiger partial charge in [0.05, 0.1) is 17.3 Å². The van der Waals surface area contributed by atoms with Crippen molar-refractivity contribution in [2.75, 3.05) is 32.0 Å². The molecule has 0 atom stereocenters. The first kappa shape index (κ1) is 18.2. The van der Waals surface area contributed by atoms with Crippen LogP contribution >= 0.6 is 24.0 Å². The lowest BCUT2D eigenvalue weighted by Crippen LogP contribution is -2.44. The van der Waals surface area contributed by atoms with Crippen LogP contribution in [0.2, 0.25) is 5.02 Å². The van der Waals surface area contributed by atoms with Crippen molar-refractivity contribution in [1.29, 1.82) is 0 Å². The van der Waals surface area contributed by atoms with Crippen LogP contribution in [-0.4, -0.2) is 43.5 Å². The predicted octanol–water partition coefficient (Wildman–Crippen LogP) is 2.52. The Labute approximate surface area is 135 Å². The number of carbonyl (C=O) groups is 1. The van der Waals surface area contributed by atoms with Crippen LogP contribution in [0.15, 0.2) is 18.2 Å². The molecule has 0 unspecified atom stereocenters. The van der Waals surface area contributed by atoms with E-state index in [0.29, 0.717) is 18.3 Å². The summed E-state index contributed by atoms with van der Waals surface area (Å²) in [5.41, 5.74) is 0.441. The summed E-state index contributed by atoms with van der Waals surface area (Å²) in [5, 5.41) is 6.22. The van der Waals surface area contributed by atoms with Crippen LogP contribution in [0.5, 0.6) is 0 Å². The summed E-state index contributed by atoms with van der Waals surface area (Å²) in [6.45, 7) is 2.28. The van der Waals surface area contributed by atoms with Gasteiger partial charge in [0, 0.05) is 6.04 Å². The number of hydrogen-bond acceptors (Lipinski definition) is 3. The van der Waals surface area contributed by atoms with Gasteiger partial charge in [-0.25, -0.2) is 4.39 Å². The van der Waals surface area contributed by atoms with Crippen molar-refractivity contribution < 1.29 is 9.18 Å². The monoisotopic (exact) mass is 335 g/mol. The van der Waals surface area contributed by atoms with Gasteiger partial charge in [-0.2, -0.15) is 0 Å². The van der Waals surface area contributed by atoms with Gasteiger partial charge in [-0.05, 0) is 51.2 Å². The topological polar surface area (TPSA) is 44.4 Å². The fraction of sp³-hybridized carbons (Fsp3) is 0.500. The Morgan fingerprint density at radius 3 is 2.76 bits per heavy atom. The molecule has 0 bridgehead atoms. The van der Waals surface area contributed by atoms with Crippen LogP contribution < -0.4 is 10.6 Å². The number of rotatable bonds is 4. The lowest BCUT2D eigenvalue weighted by Gasteiger charge is -2.31. The van der Waals surface area contributed by atoms with Gasteiger partial charge in [0.25, 0.3) is 0 Å². The second-order valence-electron chi connectivity index (χ2n) is 5.07. The molecule has 21 heavy (non-hydrogen) atoms. The first-order valence-electron chi connectivity index (χ1n) is 6.72. The van der Waals surface area contributed by atoms with Crippen molar-refractivity contribution in [3.8, 4) is 0 Å². The molecule has 1 aromatic rings. The molecule has 2 N–H and O–H groups in total. The van der Waals surface area contributed by atoms with Crippen molar-refractivity contribution in [1.82, 2.24) is 10.2 Å². The highest BCUT2D eigenvalue weighted by atomic mass is 35.5. The van der Waals surface area contributed by atoms with E-state index in [1.165, 1.54) is 18.2 Å². The first-order chi connectivity index (χ1) is 9.56. The Hall–Kier alpha value is -0.880. The summed E-state index contributed by atoms with van der Waals surface area (Å²) in [6, 6.07) is 4.36. The molecule has 0 aliphatic carbocycles. The fourth-order valence-corrected chi connectivity index (χ4v) is 2.60. The van der Waals surface area contributed by atoms with E-state index in [2.05, 4.69) is 10.6 Å². The molecule has 1 aliphatic rings. The van der Waals surface area contributed by atoms with E-state index < -0.39 is 5.82 Å². The zero-order chi connectivity index (χ0) is 14.5. The fourth-order valence-electron chi connectivity index (χ4n) is 2.38. The number of hydrogen-bond donors (Lipinski definition) is 2. The van der Waals surface area contributed by atoms with Crippen LogP contribution in [0, 0.1) is 5.82 Å². The van der Waals surface area contributed by atoms with E-state index in [4.69, 9.17) is 11.6 Å². The molecule has 0 spiro atoms. The third-order valence-corrected chi connectivity index (χ3v) is 3.84. The molecule has 1 fully saturated rings. The standard InChI is InChI=1S/C14H19ClFN3O.ClH/c1-19(11-4-6-17-7-5-11)9-14(20)18-13-3-2-10(16)8-12(13)15;/h2-3,8,11,17H,4-7,9H2,1H3,(H,18,20);1H. The minimum absolute atomic E-state index is 0. The maximum Gasteiger partial charge on any atom is 0.238 e. The number of carbonyl (C=O) groups excluding carboxylic acids is 1. The van der Waals surface area contributed by atoms with Crippen molar-refractivity contribution in [2.45, 2.75) is 18.9 Å². The lowest BCUT2D eigenvalue weighted by molar-refractivity contribution is -0.117. The molecule has 1 saturated heterocycles. The third-order valence-electron chi connectivity index (χ3n) is 3.53. The summed E-state index contributed by atoms with van der Waals surface area (Å²) >= 11 is 5.88. The summed E-state index contributed by atoms with van der Waals surface area (Å²) in [6.07, 6.45) is 2.09. The molecule has 118 valence electrons. The van der Waals surface area contributed by atoms with Gasteiger partial charge in [0.1, 0.15) is 5.82 Å². The Kier molecular flexibility index (Phi) is 7.39. The molecule has 2 rings (SSSR count). The van der Waals surface area contributed by atoms with Crippen LogP contribution in [0.1, 0.15) is 12.8 Å². The molecule has 7 heteroatoms. The van der Waals surface area contributed by atoms with Gasteiger partial charge >= 0.3 is 0 Å². The zero-order valence-corrected chi connectivity index (χ0v) is 13.4. The number of piperidine rings is 1. The number of halogens is 3. The molecule has 0 radical (unpaired) electrons. The molecule has 4 nitrogen and oxygen atoms in total. The van der Waals surface area contributed by atoms with Gasteiger partial charge in [-0.15, -0.1) is 12.4 Å². The molecule has 1 aliphatic heterocycles. The van der Waals surface area contributed by atoms with Gasteiger partial charge in [0.15, 0.2) is 0 Å². The van der Waals surface area contributed by atoms with E-state index in [1.807, 2.05) is 11.9 Å². The Bertz CT molecular complexity index is 481. The summed E-state index contributed by atoms with van der Waals surface area (Å²) < 4.78 is 12.9. The number of amides is 1. The minimum atomic E-state index is -0.417. The average Bonchev–Trinajstić information content (AvgIpc) is 2.43. The minimum Gasteiger partial charge on any atom is -0.324 e. The van der Waals surface area contributed by atoms with Crippen LogP contribution in [-0.2, 0) is 4.79 Å². The molecule has 1 amide bonds. The second kappa shape index (κ2) is 8.54. The van der Waals surface area contributed by atoms with E-state index in [9.17, 15) is 9.18 Å². The molecule has 1 aromatic carbocycles. The number of nitrogens with zero attached hydrogens (tertiary/aromatic N) is 1. The smallest absolute Gasteiger partial charge is 0.238 e. The van der Waals surface area contributed by atoms with Crippen LogP contribution in [0.4, 0.5) is 10.1 Å². The Morgan fingerprint density at radius 1 is 1.48 bits per heavy atom. The highest BCUT2D eigenvalue weighted by Crippen LogP contribution is 2.22. The molecule has 0 aromatic heterocycles. The van der Waals surface area contributed by atoms with Crippen LogP contribution in [0.3, 0.4) is 0 Å². The SMILES string of the molecule is CN(CC(=O)Nc1ccc(F)cc1Cl)C1CCNCC1.Cl. The van der Waals surface area contributed by atoms with E-state index >= 15 is 0 Å². The lowest BCUT2D eigenvalue weighted by atomic mass is 10.1. The first-order valence-corrected chi connectivity index (χ1v) is 7.10. The van der Waals surface area contributed by atoms with Gasteiger partial charge < -0.3 is 10.6 Å². The maximum atomic E-state index is 12.9. The van der Waals surface area contributed by atoms with E-state index in [0.717, 1.165) is 25.9 Å². The number of anilines is 1. The highest BCUT2D eigenvalue weighted by Gasteiger charge is 2.19. The number of benzene rings is 1. The van der Waals surface area contributed by atoms with Crippen molar-refractivity contribution >= 4 is 35.6 Å². The zero-order valence-electron chi connectivity index (χ0n) is 11.9.